The molecule has 0 bridgehead atoms. The fourth-order valence-electron chi connectivity index (χ4n) is 3.84. The Balaban J connectivity index is 1.34. The first-order valence-electron chi connectivity index (χ1n) is 10.1. The van der Waals surface area contributed by atoms with Gasteiger partial charge >= 0.3 is 12.5 Å². The van der Waals surface area contributed by atoms with Crippen LogP contribution in [-0.2, 0) is 4.74 Å². The summed E-state index contributed by atoms with van der Waals surface area (Å²) in [5, 5.41) is 2.58. The lowest BCUT2D eigenvalue weighted by Gasteiger charge is -2.14. The van der Waals surface area contributed by atoms with Crippen LogP contribution in [-0.4, -0.2) is 25.6 Å². The molecule has 0 aromatic heterocycles. The maximum absolute atomic E-state index is 12.6. The highest BCUT2D eigenvalue weighted by molar-refractivity contribution is 9.10. The number of fused-ring (bicyclic) bond motifs is 3. The van der Waals surface area contributed by atoms with Gasteiger partial charge in [-0.25, -0.2) is 4.79 Å². The summed E-state index contributed by atoms with van der Waals surface area (Å²) in [5.74, 6) is -0.391. The van der Waals surface area contributed by atoms with E-state index in [-0.39, 0.29) is 30.4 Å². The van der Waals surface area contributed by atoms with E-state index in [1.54, 1.807) is 6.07 Å². The second-order valence-electron chi connectivity index (χ2n) is 7.34. The molecule has 0 fully saturated rings. The van der Waals surface area contributed by atoms with Crippen LogP contribution < -0.4 is 10.1 Å². The molecule has 0 spiro atoms. The van der Waals surface area contributed by atoms with Crippen LogP contribution in [0.3, 0.4) is 0 Å². The van der Waals surface area contributed by atoms with Gasteiger partial charge in [0.25, 0.3) is 0 Å². The van der Waals surface area contributed by atoms with Crippen molar-refractivity contribution in [1.29, 1.82) is 0 Å². The predicted octanol–water partition coefficient (Wildman–Crippen LogP) is 6.90. The summed E-state index contributed by atoms with van der Waals surface area (Å²) in [6, 6.07) is 20.4. The van der Waals surface area contributed by atoms with Gasteiger partial charge in [0, 0.05) is 22.5 Å². The van der Waals surface area contributed by atoms with Gasteiger partial charge in [-0.05, 0) is 34.4 Å². The molecule has 3 aromatic carbocycles. The van der Waals surface area contributed by atoms with E-state index in [4.69, 9.17) is 4.74 Å². The van der Waals surface area contributed by atoms with Crippen molar-refractivity contribution in [3.63, 3.8) is 0 Å². The molecular weight excluding hydrogens is 499 g/mol. The van der Waals surface area contributed by atoms with Crippen molar-refractivity contribution in [2.24, 2.45) is 0 Å². The summed E-state index contributed by atoms with van der Waals surface area (Å²) in [6.45, 7) is 0.262. The molecule has 4 rings (SSSR count). The van der Waals surface area contributed by atoms with Gasteiger partial charge in [0.2, 0.25) is 0 Å². The van der Waals surface area contributed by atoms with Gasteiger partial charge in [-0.15, -0.1) is 13.2 Å². The van der Waals surface area contributed by atoms with Gasteiger partial charge < -0.3 is 14.8 Å². The van der Waals surface area contributed by atoms with Crippen LogP contribution in [0.2, 0.25) is 0 Å². The summed E-state index contributed by atoms with van der Waals surface area (Å²) < 4.78 is 47.8. The monoisotopic (exact) mass is 517 g/mol. The normalized spacial score (nSPS) is 13.0. The molecule has 0 radical (unpaired) electrons. The number of amides is 1. The minimum atomic E-state index is -4.80. The summed E-state index contributed by atoms with van der Waals surface area (Å²) in [7, 11) is 0. The standard InChI is InChI=1S/C25H19BrF3NO3/c26-17-12-11-16(23(14-17)33-25(27,28)29)6-5-13-30-24(31)32-15-22-20-9-3-1-7-18(20)19-8-2-4-10-21(19)22/h1-12,14,22H,13,15H2,(H,30,31). The van der Waals surface area contributed by atoms with Gasteiger partial charge in [0.15, 0.2) is 0 Å². The highest BCUT2D eigenvalue weighted by Gasteiger charge is 2.32. The fourth-order valence-corrected chi connectivity index (χ4v) is 4.18. The molecule has 8 heteroatoms. The van der Waals surface area contributed by atoms with Crippen molar-refractivity contribution in [1.82, 2.24) is 5.32 Å². The number of hydrogen-bond acceptors (Lipinski definition) is 3. The Kier molecular flexibility index (Phi) is 6.74. The predicted molar refractivity (Wildman–Crippen MR) is 123 cm³/mol. The van der Waals surface area contributed by atoms with Gasteiger partial charge in [-0.3, -0.25) is 0 Å². The van der Waals surface area contributed by atoms with Gasteiger partial charge in [0.05, 0.1) is 0 Å². The smallest absolute Gasteiger partial charge is 0.449 e. The van der Waals surface area contributed by atoms with Gasteiger partial charge in [0.1, 0.15) is 12.4 Å². The minimum Gasteiger partial charge on any atom is -0.449 e. The fraction of sp³-hybridized carbons (Fsp3) is 0.160. The van der Waals surface area contributed by atoms with Gasteiger partial charge in [-0.1, -0.05) is 82.7 Å². The quantitative estimate of drug-likeness (QED) is 0.386. The molecule has 170 valence electrons. The molecule has 0 saturated heterocycles. The first-order chi connectivity index (χ1) is 15.8. The number of alkyl carbamates (subject to hydrolysis) is 1. The Morgan fingerprint density at radius 1 is 1.00 bits per heavy atom. The van der Waals surface area contributed by atoms with E-state index in [0.29, 0.717) is 4.47 Å². The number of hydrogen-bond donors (Lipinski definition) is 1. The van der Waals surface area contributed by atoms with E-state index < -0.39 is 12.5 Å². The number of carbonyl (C=O) groups is 1. The Morgan fingerprint density at radius 3 is 2.27 bits per heavy atom. The van der Waals surface area contributed by atoms with Crippen molar-refractivity contribution in [2.75, 3.05) is 13.2 Å². The molecule has 1 N–H and O–H groups in total. The molecule has 1 aliphatic rings. The average molecular weight is 518 g/mol. The van der Waals surface area contributed by atoms with Crippen LogP contribution in [0.1, 0.15) is 22.6 Å². The topological polar surface area (TPSA) is 47.6 Å². The Labute approximate surface area is 197 Å². The van der Waals surface area contributed by atoms with Crippen LogP contribution in [0.4, 0.5) is 18.0 Å². The second-order valence-corrected chi connectivity index (χ2v) is 8.25. The number of ether oxygens (including phenoxy) is 2. The van der Waals surface area contributed by atoms with Crippen molar-refractivity contribution in [3.8, 4) is 16.9 Å². The number of benzene rings is 3. The van der Waals surface area contributed by atoms with E-state index in [1.165, 1.54) is 24.3 Å². The minimum absolute atomic E-state index is 0.0523. The van der Waals surface area contributed by atoms with Crippen LogP contribution in [0, 0.1) is 0 Å². The molecule has 3 aromatic rings. The number of rotatable bonds is 6. The largest absolute Gasteiger partial charge is 0.573 e. The summed E-state index contributed by atoms with van der Waals surface area (Å²) in [6.07, 6.45) is -2.45. The molecule has 33 heavy (non-hydrogen) atoms. The maximum Gasteiger partial charge on any atom is 0.573 e. The van der Waals surface area contributed by atoms with E-state index in [9.17, 15) is 18.0 Å². The average Bonchev–Trinajstić information content (AvgIpc) is 3.09. The molecule has 1 aliphatic carbocycles. The molecule has 0 saturated carbocycles. The van der Waals surface area contributed by atoms with Crippen molar-refractivity contribution in [3.05, 3.63) is 94.0 Å². The van der Waals surface area contributed by atoms with E-state index in [1.807, 2.05) is 36.4 Å². The zero-order valence-electron chi connectivity index (χ0n) is 17.2. The SMILES string of the molecule is O=C(NCC=Cc1ccc(Br)cc1OC(F)(F)F)OCC1c2ccccc2-c2ccccc21. The summed E-state index contributed by atoms with van der Waals surface area (Å²) >= 11 is 3.13. The van der Waals surface area contributed by atoms with Crippen molar-refractivity contribution >= 4 is 28.1 Å². The lowest BCUT2D eigenvalue weighted by molar-refractivity contribution is -0.274. The maximum atomic E-state index is 12.6. The highest BCUT2D eigenvalue weighted by atomic mass is 79.9. The zero-order chi connectivity index (χ0) is 23.4. The molecule has 4 nitrogen and oxygen atoms in total. The second kappa shape index (κ2) is 9.70. The third-order valence-corrected chi connectivity index (χ3v) is 5.70. The Bertz CT molecular complexity index is 1150. The Morgan fingerprint density at radius 2 is 1.64 bits per heavy atom. The number of carbonyl (C=O) groups excluding carboxylic acids is 1. The van der Waals surface area contributed by atoms with Crippen LogP contribution >= 0.6 is 15.9 Å². The zero-order valence-corrected chi connectivity index (χ0v) is 18.8. The molecule has 0 heterocycles. The first kappa shape index (κ1) is 22.9. The van der Waals surface area contributed by atoms with Crippen LogP contribution in [0.5, 0.6) is 5.75 Å². The van der Waals surface area contributed by atoms with Crippen LogP contribution in [0.15, 0.2) is 77.3 Å². The summed E-state index contributed by atoms with van der Waals surface area (Å²) in [5.41, 5.74) is 4.72. The van der Waals surface area contributed by atoms with Crippen molar-refractivity contribution < 1.29 is 27.4 Å². The molecule has 0 unspecified atom stereocenters. The van der Waals surface area contributed by atoms with E-state index in [0.717, 1.165) is 22.3 Å². The third kappa shape index (κ3) is 5.57. The molecule has 0 atom stereocenters. The first-order valence-corrected chi connectivity index (χ1v) is 10.9. The Hall–Kier alpha value is -3.26. The highest BCUT2D eigenvalue weighted by Crippen LogP contribution is 2.44. The van der Waals surface area contributed by atoms with E-state index >= 15 is 0 Å². The third-order valence-electron chi connectivity index (χ3n) is 5.21. The number of nitrogens with one attached hydrogen (secondary N) is 1. The van der Waals surface area contributed by atoms with E-state index in [2.05, 4.69) is 38.1 Å². The molecular formula is C25H19BrF3NO3. The lowest BCUT2D eigenvalue weighted by Crippen LogP contribution is -2.26. The number of alkyl halides is 3. The van der Waals surface area contributed by atoms with Crippen molar-refractivity contribution in [2.45, 2.75) is 12.3 Å². The number of halogens is 4. The molecule has 0 aliphatic heterocycles. The van der Waals surface area contributed by atoms with Crippen LogP contribution in [0.25, 0.3) is 17.2 Å². The summed E-state index contributed by atoms with van der Waals surface area (Å²) in [4.78, 5) is 12.2. The van der Waals surface area contributed by atoms with Gasteiger partial charge in [-0.2, -0.15) is 0 Å². The molecule has 1 amide bonds. The lowest BCUT2D eigenvalue weighted by atomic mass is 9.98.